The molecule has 1 saturated carbocycles. The summed E-state index contributed by atoms with van der Waals surface area (Å²) in [5.41, 5.74) is 2.31. The van der Waals surface area contributed by atoms with Gasteiger partial charge in [0.25, 0.3) is 0 Å². The third kappa shape index (κ3) is 5.74. The third-order valence-corrected chi connectivity index (χ3v) is 4.92. The van der Waals surface area contributed by atoms with E-state index in [1.54, 1.807) is 0 Å². The van der Waals surface area contributed by atoms with Gasteiger partial charge in [0.1, 0.15) is 6.10 Å². The quantitative estimate of drug-likeness (QED) is 0.839. The van der Waals surface area contributed by atoms with Gasteiger partial charge in [0.15, 0.2) is 5.82 Å². The second-order valence-corrected chi connectivity index (χ2v) is 7.42. The molecule has 1 aliphatic carbocycles. The van der Waals surface area contributed by atoms with Gasteiger partial charge >= 0.3 is 6.01 Å². The van der Waals surface area contributed by atoms with Crippen LogP contribution in [-0.2, 0) is 11.2 Å². The molecule has 144 valence electrons. The Hall–Kier alpha value is -2.50. The zero-order valence-corrected chi connectivity index (χ0v) is 15.8. The number of nitrogens with one attached hydrogen (secondary N) is 1. The van der Waals surface area contributed by atoms with Gasteiger partial charge < -0.3 is 10.1 Å². The van der Waals surface area contributed by atoms with Crippen LogP contribution < -0.4 is 10.1 Å². The number of aromatic nitrogens is 2. The molecule has 0 aliphatic heterocycles. The Morgan fingerprint density at radius 3 is 2.37 bits per heavy atom. The van der Waals surface area contributed by atoms with E-state index in [0.717, 1.165) is 43.6 Å². The van der Waals surface area contributed by atoms with Crippen molar-refractivity contribution in [2.24, 2.45) is 0 Å². The molecular weight excluding hydrogens is 345 g/mol. The number of halogens is 1. The number of carbonyl (C=O) groups excluding carboxylic acids is 1. The van der Waals surface area contributed by atoms with Gasteiger partial charge in [-0.1, -0.05) is 38.1 Å². The van der Waals surface area contributed by atoms with Crippen LogP contribution in [-0.4, -0.2) is 28.0 Å². The van der Waals surface area contributed by atoms with Crippen molar-refractivity contribution in [3.63, 3.8) is 0 Å². The molecule has 1 fully saturated rings. The van der Waals surface area contributed by atoms with Gasteiger partial charge in [-0.25, -0.2) is 14.4 Å². The number of amides is 1. The van der Waals surface area contributed by atoms with Crippen molar-refractivity contribution >= 4 is 5.91 Å². The maximum atomic E-state index is 12.8. The van der Waals surface area contributed by atoms with Gasteiger partial charge in [0, 0.05) is 6.04 Å². The molecule has 1 amide bonds. The summed E-state index contributed by atoms with van der Waals surface area (Å²) in [4.78, 5) is 20.0. The molecule has 1 N–H and O–H groups in total. The van der Waals surface area contributed by atoms with Crippen molar-refractivity contribution in [1.29, 1.82) is 0 Å². The van der Waals surface area contributed by atoms with Crippen LogP contribution in [0, 0.1) is 5.82 Å². The summed E-state index contributed by atoms with van der Waals surface area (Å²) in [6.45, 7) is 4.31. The van der Waals surface area contributed by atoms with Crippen LogP contribution in [0.4, 0.5) is 4.39 Å². The highest BCUT2D eigenvalue weighted by Gasteiger charge is 2.24. The molecule has 3 rings (SSSR count). The predicted molar refractivity (Wildman–Crippen MR) is 101 cm³/mol. The third-order valence-electron chi connectivity index (χ3n) is 4.92. The molecule has 1 aromatic heterocycles. The molecule has 1 aliphatic rings. The largest absolute Gasteiger partial charge is 0.460 e. The topological polar surface area (TPSA) is 64.1 Å². The molecule has 2 aromatic rings. The van der Waals surface area contributed by atoms with Crippen molar-refractivity contribution in [2.45, 2.75) is 64.0 Å². The number of benzene rings is 1. The van der Waals surface area contributed by atoms with Crippen LogP contribution in [0.2, 0.25) is 0 Å². The van der Waals surface area contributed by atoms with E-state index in [4.69, 9.17) is 4.74 Å². The molecule has 0 unspecified atom stereocenters. The van der Waals surface area contributed by atoms with E-state index in [2.05, 4.69) is 41.3 Å². The van der Waals surface area contributed by atoms with Crippen molar-refractivity contribution in [1.82, 2.24) is 15.3 Å². The lowest BCUT2D eigenvalue weighted by Crippen LogP contribution is -2.40. The van der Waals surface area contributed by atoms with Crippen molar-refractivity contribution in [3.8, 4) is 6.01 Å². The van der Waals surface area contributed by atoms with E-state index in [0.29, 0.717) is 12.3 Å². The second kappa shape index (κ2) is 8.93. The maximum absolute atomic E-state index is 12.8. The highest BCUT2D eigenvalue weighted by molar-refractivity contribution is 5.78. The van der Waals surface area contributed by atoms with E-state index in [9.17, 15) is 9.18 Å². The number of hydrogen-bond donors (Lipinski definition) is 1. The number of hydrogen-bond acceptors (Lipinski definition) is 4. The summed E-state index contributed by atoms with van der Waals surface area (Å²) in [6.07, 6.45) is 5.94. The van der Waals surface area contributed by atoms with Gasteiger partial charge in [-0.05, 0) is 42.7 Å². The van der Waals surface area contributed by atoms with Gasteiger partial charge in [-0.2, -0.15) is 0 Å². The smallest absolute Gasteiger partial charge is 0.316 e. The van der Waals surface area contributed by atoms with Gasteiger partial charge in [-0.15, -0.1) is 0 Å². The molecule has 5 nitrogen and oxygen atoms in total. The fraction of sp³-hybridized carbons (Fsp3) is 0.476. The Morgan fingerprint density at radius 2 is 1.78 bits per heavy atom. The highest BCUT2D eigenvalue weighted by Crippen LogP contribution is 2.22. The highest BCUT2D eigenvalue weighted by atomic mass is 19.1. The lowest BCUT2D eigenvalue weighted by atomic mass is 9.92. The van der Waals surface area contributed by atoms with Crippen LogP contribution in [0.1, 0.15) is 56.6 Å². The first-order chi connectivity index (χ1) is 13.0. The van der Waals surface area contributed by atoms with Gasteiger partial charge in [-0.3, -0.25) is 4.79 Å². The number of carbonyl (C=O) groups is 1. The van der Waals surface area contributed by atoms with Crippen LogP contribution >= 0.6 is 0 Å². The van der Waals surface area contributed by atoms with E-state index in [1.807, 2.05) is 12.1 Å². The fourth-order valence-corrected chi connectivity index (χ4v) is 3.32. The molecular formula is C21H26FN3O2. The monoisotopic (exact) mass is 371 g/mol. The Kier molecular flexibility index (Phi) is 6.37. The molecule has 0 radical (unpaired) electrons. The Morgan fingerprint density at radius 1 is 1.15 bits per heavy atom. The normalized spacial score (nSPS) is 19.7. The Labute approximate surface area is 159 Å². The fourth-order valence-electron chi connectivity index (χ4n) is 3.32. The van der Waals surface area contributed by atoms with Crippen molar-refractivity contribution in [2.75, 3.05) is 0 Å². The molecule has 1 aromatic carbocycles. The first-order valence-corrected chi connectivity index (χ1v) is 9.52. The lowest BCUT2D eigenvalue weighted by Gasteiger charge is -2.28. The van der Waals surface area contributed by atoms with Crippen LogP contribution in [0.25, 0.3) is 0 Å². The van der Waals surface area contributed by atoms with Gasteiger partial charge in [0.05, 0.1) is 18.8 Å². The number of nitrogens with zero attached hydrogens (tertiary/aromatic N) is 2. The second-order valence-electron chi connectivity index (χ2n) is 7.42. The zero-order chi connectivity index (χ0) is 19.2. The first-order valence-electron chi connectivity index (χ1n) is 9.52. The van der Waals surface area contributed by atoms with E-state index in [-0.39, 0.29) is 24.1 Å². The minimum absolute atomic E-state index is 0.00666. The van der Waals surface area contributed by atoms with E-state index >= 15 is 0 Å². The Bertz CT molecular complexity index is 739. The summed E-state index contributed by atoms with van der Waals surface area (Å²) < 4.78 is 18.5. The Balaban J connectivity index is 1.41. The molecule has 6 heteroatoms. The average Bonchev–Trinajstić information content (AvgIpc) is 2.65. The van der Waals surface area contributed by atoms with Crippen LogP contribution in [0.5, 0.6) is 6.01 Å². The predicted octanol–water partition coefficient (Wildman–Crippen LogP) is 3.79. The molecule has 27 heavy (non-hydrogen) atoms. The summed E-state index contributed by atoms with van der Waals surface area (Å²) in [5.74, 6) is 0.0664. The average molecular weight is 371 g/mol. The standard InChI is InChI=1S/C21H26FN3O2/c1-14(2)16-5-3-15(4-6-16)11-20(26)25-18-7-9-19(10-8-18)27-21-23-12-17(22)13-24-21/h3-6,12-14,18-19H,7-11H2,1-2H3,(H,25,26). The SMILES string of the molecule is CC(C)c1ccc(CC(=O)NC2CCC(Oc3ncc(F)cn3)CC2)cc1. The van der Waals surface area contributed by atoms with Crippen LogP contribution in [0.15, 0.2) is 36.7 Å². The van der Waals surface area contributed by atoms with Crippen molar-refractivity contribution < 1.29 is 13.9 Å². The summed E-state index contributed by atoms with van der Waals surface area (Å²) >= 11 is 0. The molecule has 1 heterocycles. The van der Waals surface area contributed by atoms with Gasteiger partial charge in [0.2, 0.25) is 5.91 Å². The zero-order valence-electron chi connectivity index (χ0n) is 15.8. The minimum atomic E-state index is -0.479. The lowest BCUT2D eigenvalue weighted by molar-refractivity contribution is -0.121. The number of ether oxygens (including phenoxy) is 1. The summed E-state index contributed by atoms with van der Waals surface area (Å²) in [5, 5.41) is 3.12. The molecule has 0 atom stereocenters. The molecule has 0 bridgehead atoms. The van der Waals surface area contributed by atoms with E-state index in [1.165, 1.54) is 5.56 Å². The van der Waals surface area contributed by atoms with Crippen LogP contribution in [0.3, 0.4) is 0 Å². The molecule has 0 saturated heterocycles. The molecule has 0 spiro atoms. The summed E-state index contributed by atoms with van der Waals surface area (Å²) in [6, 6.07) is 8.61. The summed E-state index contributed by atoms with van der Waals surface area (Å²) in [7, 11) is 0. The number of rotatable bonds is 6. The van der Waals surface area contributed by atoms with E-state index < -0.39 is 5.82 Å². The van der Waals surface area contributed by atoms with Crippen molar-refractivity contribution in [3.05, 3.63) is 53.6 Å². The first kappa shape index (κ1) is 19.3. The minimum Gasteiger partial charge on any atom is -0.460 e. The maximum Gasteiger partial charge on any atom is 0.316 e.